The molecule has 0 radical (unpaired) electrons. The first-order chi connectivity index (χ1) is 9.13. The van der Waals surface area contributed by atoms with Gasteiger partial charge in [-0.3, -0.25) is 4.79 Å². The molecule has 0 bridgehead atoms. The summed E-state index contributed by atoms with van der Waals surface area (Å²) in [5, 5.41) is 0. The van der Waals surface area contributed by atoms with Crippen molar-refractivity contribution in [1.82, 2.24) is 9.55 Å². The van der Waals surface area contributed by atoms with E-state index in [1.54, 1.807) is 22.0 Å². The van der Waals surface area contributed by atoms with Crippen molar-refractivity contribution in [3.05, 3.63) is 42.5 Å². The first kappa shape index (κ1) is 13.1. The van der Waals surface area contributed by atoms with Gasteiger partial charge in [0.25, 0.3) is 5.91 Å². The molecule has 2 rings (SSSR count). The molecule has 1 aromatic carbocycles. The Morgan fingerprint density at radius 2 is 2.26 bits per heavy atom. The highest BCUT2D eigenvalue weighted by atomic mass is 16.2. The maximum absolute atomic E-state index is 12.6. The third-order valence-electron chi connectivity index (χ3n) is 2.91. The maximum atomic E-state index is 12.6. The topological polar surface area (TPSA) is 64.2 Å². The Morgan fingerprint density at radius 1 is 1.47 bits per heavy atom. The second-order valence-corrected chi connectivity index (χ2v) is 4.44. The van der Waals surface area contributed by atoms with Crippen LogP contribution in [-0.4, -0.2) is 22.0 Å². The summed E-state index contributed by atoms with van der Waals surface area (Å²) in [6.45, 7) is 2.68. The van der Waals surface area contributed by atoms with Crippen LogP contribution in [0.5, 0.6) is 0 Å². The Kier molecular flexibility index (Phi) is 3.85. The van der Waals surface area contributed by atoms with Crippen molar-refractivity contribution in [3.63, 3.8) is 0 Å². The van der Waals surface area contributed by atoms with E-state index < -0.39 is 0 Å². The van der Waals surface area contributed by atoms with E-state index in [1.807, 2.05) is 38.2 Å². The van der Waals surface area contributed by atoms with Crippen molar-refractivity contribution in [2.75, 3.05) is 17.2 Å². The number of carbonyl (C=O) groups excluding carboxylic acids is 1. The SMILES string of the molecule is CCCN(C(=O)c1cncn1C)c1cccc(N)c1. The Bertz CT molecular complexity index is 576. The van der Waals surface area contributed by atoms with Gasteiger partial charge >= 0.3 is 0 Å². The summed E-state index contributed by atoms with van der Waals surface area (Å²) in [6, 6.07) is 7.36. The van der Waals surface area contributed by atoms with Gasteiger partial charge in [-0.25, -0.2) is 4.98 Å². The second-order valence-electron chi connectivity index (χ2n) is 4.44. The molecule has 5 nitrogen and oxygen atoms in total. The van der Waals surface area contributed by atoms with Gasteiger partial charge in [-0.05, 0) is 24.6 Å². The Morgan fingerprint density at radius 3 is 2.84 bits per heavy atom. The number of hydrogen-bond acceptors (Lipinski definition) is 3. The average molecular weight is 258 g/mol. The summed E-state index contributed by atoms with van der Waals surface area (Å²) >= 11 is 0. The third kappa shape index (κ3) is 2.76. The number of nitrogen functional groups attached to an aromatic ring is 1. The number of rotatable bonds is 4. The van der Waals surface area contributed by atoms with Gasteiger partial charge in [0, 0.05) is 25.0 Å². The van der Waals surface area contributed by atoms with Crippen molar-refractivity contribution in [3.8, 4) is 0 Å². The zero-order valence-corrected chi connectivity index (χ0v) is 11.2. The highest BCUT2D eigenvalue weighted by molar-refractivity contribution is 6.05. The molecule has 0 aliphatic rings. The first-order valence-corrected chi connectivity index (χ1v) is 6.27. The van der Waals surface area contributed by atoms with E-state index in [0.29, 0.717) is 17.9 Å². The predicted molar refractivity (Wildman–Crippen MR) is 76.0 cm³/mol. The van der Waals surface area contributed by atoms with Gasteiger partial charge in [0.2, 0.25) is 0 Å². The highest BCUT2D eigenvalue weighted by Gasteiger charge is 2.19. The summed E-state index contributed by atoms with van der Waals surface area (Å²) in [7, 11) is 1.81. The smallest absolute Gasteiger partial charge is 0.276 e. The Balaban J connectivity index is 2.35. The minimum atomic E-state index is -0.0625. The molecule has 0 saturated heterocycles. The molecule has 100 valence electrons. The number of aryl methyl sites for hydroxylation is 1. The van der Waals surface area contributed by atoms with Crippen molar-refractivity contribution < 1.29 is 4.79 Å². The van der Waals surface area contributed by atoms with Gasteiger partial charge in [0.15, 0.2) is 0 Å². The molecule has 1 amide bonds. The molecule has 1 heterocycles. The zero-order chi connectivity index (χ0) is 13.8. The summed E-state index contributed by atoms with van der Waals surface area (Å²) < 4.78 is 1.72. The fourth-order valence-corrected chi connectivity index (χ4v) is 1.97. The fourth-order valence-electron chi connectivity index (χ4n) is 1.97. The van der Waals surface area contributed by atoms with Crippen molar-refractivity contribution >= 4 is 17.3 Å². The quantitative estimate of drug-likeness (QED) is 0.854. The summed E-state index contributed by atoms with van der Waals surface area (Å²) in [4.78, 5) is 18.3. The van der Waals surface area contributed by atoms with Crippen molar-refractivity contribution in [2.24, 2.45) is 7.05 Å². The lowest BCUT2D eigenvalue weighted by molar-refractivity contribution is 0.0979. The number of anilines is 2. The van der Waals surface area contributed by atoms with E-state index >= 15 is 0 Å². The number of nitrogens with zero attached hydrogens (tertiary/aromatic N) is 3. The van der Waals surface area contributed by atoms with Crippen LogP contribution < -0.4 is 10.6 Å². The molecule has 0 fully saturated rings. The molecule has 2 N–H and O–H groups in total. The van der Waals surface area contributed by atoms with Crippen LogP contribution in [0, 0.1) is 0 Å². The third-order valence-corrected chi connectivity index (χ3v) is 2.91. The second kappa shape index (κ2) is 5.56. The summed E-state index contributed by atoms with van der Waals surface area (Å²) in [5.41, 5.74) is 7.81. The van der Waals surface area contributed by atoms with Gasteiger partial charge in [0.1, 0.15) is 5.69 Å². The van der Waals surface area contributed by atoms with Crippen molar-refractivity contribution in [1.29, 1.82) is 0 Å². The van der Waals surface area contributed by atoms with Crippen LogP contribution in [0.25, 0.3) is 0 Å². The standard InChI is InChI=1S/C14H18N4O/c1-3-7-18(12-6-4-5-11(15)8-12)14(19)13-9-16-10-17(13)2/h4-6,8-10H,3,7,15H2,1-2H3. The molecule has 5 heteroatoms. The van der Waals surface area contributed by atoms with Crippen LogP contribution in [0.1, 0.15) is 23.8 Å². The molecule has 0 atom stereocenters. The van der Waals surface area contributed by atoms with E-state index in [-0.39, 0.29) is 5.91 Å². The molecule has 0 aliphatic carbocycles. The normalized spacial score (nSPS) is 10.4. The van der Waals surface area contributed by atoms with Crippen molar-refractivity contribution in [2.45, 2.75) is 13.3 Å². The molecular formula is C14H18N4O. The Labute approximate surface area is 112 Å². The molecule has 1 aromatic heterocycles. The van der Waals surface area contributed by atoms with Crippen LogP contribution >= 0.6 is 0 Å². The van der Waals surface area contributed by atoms with Crippen LogP contribution in [-0.2, 0) is 7.05 Å². The number of imidazole rings is 1. The lowest BCUT2D eigenvalue weighted by Gasteiger charge is -2.22. The van der Waals surface area contributed by atoms with E-state index in [4.69, 9.17) is 5.73 Å². The Hall–Kier alpha value is -2.30. The minimum Gasteiger partial charge on any atom is -0.399 e. The van der Waals surface area contributed by atoms with Crippen LogP contribution in [0.2, 0.25) is 0 Å². The molecule has 0 aliphatic heterocycles. The highest BCUT2D eigenvalue weighted by Crippen LogP contribution is 2.20. The van der Waals surface area contributed by atoms with Gasteiger partial charge in [0.05, 0.1) is 12.5 Å². The summed E-state index contributed by atoms with van der Waals surface area (Å²) in [5.74, 6) is -0.0625. The van der Waals surface area contributed by atoms with Crippen LogP contribution in [0.3, 0.4) is 0 Å². The maximum Gasteiger partial charge on any atom is 0.276 e. The monoisotopic (exact) mass is 258 g/mol. The van der Waals surface area contributed by atoms with Gasteiger partial charge in [-0.15, -0.1) is 0 Å². The zero-order valence-electron chi connectivity index (χ0n) is 11.2. The number of nitrogens with two attached hydrogens (primary N) is 1. The average Bonchev–Trinajstić information content (AvgIpc) is 2.81. The molecule has 0 saturated carbocycles. The van der Waals surface area contributed by atoms with E-state index in [1.165, 1.54) is 0 Å². The number of carbonyl (C=O) groups is 1. The molecule has 19 heavy (non-hydrogen) atoms. The first-order valence-electron chi connectivity index (χ1n) is 6.27. The fraction of sp³-hybridized carbons (Fsp3) is 0.286. The number of hydrogen-bond donors (Lipinski definition) is 1. The number of amides is 1. The number of benzene rings is 1. The molecular weight excluding hydrogens is 240 g/mol. The lowest BCUT2D eigenvalue weighted by atomic mass is 10.2. The molecule has 2 aromatic rings. The van der Waals surface area contributed by atoms with E-state index in [9.17, 15) is 4.79 Å². The van der Waals surface area contributed by atoms with Crippen LogP contribution in [0.4, 0.5) is 11.4 Å². The van der Waals surface area contributed by atoms with Gasteiger partial charge < -0.3 is 15.2 Å². The predicted octanol–water partition coefficient (Wildman–Crippen LogP) is 2.06. The van der Waals surface area contributed by atoms with Gasteiger partial charge in [-0.1, -0.05) is 13.0 Å². The van der Waals surface area contributed by atoms with Gasteiger partial charge in [-0.2, -0.15) is 0 Å². The lowest BCUT2D eigenvalue weighted by Crippen LogP contribution is -2.32. The largest absolute Gasteiger partial charge is 0.399 e. The number of aromatic nitrogens is 2. The van der Waals surface area contributed by atoms with E-state index in [0.717, 1.165) is 12.1 Å². The molecule has 0 spiro atoms. The minimum absolute atomic E-state index is 0.0625. The van der Waals surface area contributed by atoms with Crippen LogP contribution in [0.15, 0.2) is 36.8 Å². The molecule has 0 unspecified atom stereocenters. The summed E-state index contributed by atoms with van der Waals surface area (Å²) in [6.07, 6.45) is 4.08. The van der Waals surface area contributed by atoms with E-state index in [2.05, 4.69) is 4.98 Å².